The summed E-state index contributed by atoms with van der Waals surface area (Å²) >= 11 is 0. The van der Waals surface area contributed by atoms with Crippen molar-refractivity contribution in [2.75, 3.05) is 19.8 Å². The molecule has 2 heterocycles. The molecule has 0 aliphatic carbocycles. The van der Waals surface area contributed by atoms with E-state index in [1.165, 1.54) is 4.90 Å². The van der Waals surface area contributed by atoms with Gasteiger partial charge < -0.3 is 24.0 Å². The van der Waals surface area contributed by atoms with Gasteiger partial charge in [0.2, 0.25) is 0 Å². The number of amides is 1. The van der Waals surface area contributed by atoms with Gasteiger partial charge in [-0.05, 0) is 44.9 Å². The van der Waals surface area contributed by atoms with Gasteiger partial charge in [0, 0.05) is 31.0 Å². The zero-order chi connectivity index (χ0) is 25.7. The number of rotatable bonds is 10. The van der Waals surface area contributed by atoms with Gasteiger partial charge in [-0.25, -0.2) is 4.98 Å². The van der Waals surface area contributed by atoms with Crippen LogP contribution in [0.1, 0.15) is 43.0 Å². The summed E-state index contributed by atoms with van der Waals surface area (Å²) in [4.78, 5) is 32.1. The Morgan fingerprint density at radius 2 is 1.72 bits per heavy atom. The molecule has 8 nitrogen and oxygen atoms in total. The zero-order valence-corrected chi connectivity index (χ0v) is 20.8. The lowest BCUT2D eigenvalue weighted by Gasteiger charge is -2.26. The van der Waals surface area contributed by atoms with E-state index in [1.807, 2.05) is 49.7 Å². The molecule has 0 saturated carbocycles. The van der Waals surface area contributed by atoms with Crippen molar-refractivity contribution in [1.29, 1.82) is 0 Å². The first kappa shape index (κ1) is 25.0. The molecule has 1 saturated heterocycles. The molecule has 1 aliphatic rings. The molecule has 36 heavy (non-hydrogen) atoms. The Balaban J connectivity index is 1.77. The number of aromatic nitrogens is 2. The molecule has 1 N–H and O–H groups in total. The molecule has 2 aromatic carbocycles. The van der Waals surface area contributed by atoms with Crippen LogP contribution in [0.5, 0.6) is 11.5 Å². The minimum absolute atomic E-state index is 0.0677. The van der Waals surface area contributed by atoms with Gasteiger partial charge in [0.15, 0.2) is 11.5 Å². The second kappa shape index (κ2) is 11.1. The fourth-order valence-corrected chi connectivity index (χ4v) is 4.40. The number of aliphatic hydroxyl groups is 1. The highest BCUT2D eigenvalue weighted by molar-refractivity contribution is 6.46. The van der Waals surface area contributed by atoms with Crippen LogP contribution in [-0.4, -0.2) is 51.0 Å². The van der Waals surface area contributed by atoms with Crippen molar-refractivity contribution in [3.05, 3.63) is 83.4 Å². The minimum atomic E-state index is -0.760. The van der Waals surface area contributed by atoms with Crippen LogP contribution in [-0.2, 0) is 16.1 Å². The molecule has 1 fully saturated rings. The van der Waals surface area contributed by atoms with E-state index >= 15 is 0 Å². The Hall–Kier alpha value is -4.07. The number of Topliss-reactive ketones (excluding diaryl/α,β-unsaturated/α-hetero) is 1. The van der Waals surface area contributed by atoms with Crippen LogP contribution in [0, 0.1) is 6.92 Å². The number of hydrogen-bond acceptors (Lipinski definition) is 6. The Labute approximate surface area is 210 Å². The summed E-state index contributed by atoms with van der Waals surface area (Å²) < 4.78 is 13.4. The van der Waals surface area contributed by atoms with Crippen molar-refractivity contribution in [2.45, 2.75) is 39.8 Å². The van der Waals surface area contributed by atoms with Crippen molar-refractivity contribution in [1.82, 2.24) is 14.5 Å². The maximum Gasteiger partial charge on any atom is 0.295 e. The number of nitrogens with zero attached hydrogens (tertiary/aromatic N) is 3. The molecule has 3 aromatic rings. The molecule has 1 amide bonds. The fraction of sp³-hybridized carbons (Fsp3) is 0.321. The molecule has 0 radical (unpaired) electrons. The number of imidazole rings is 1. The number of carbonyl (C=O) groups excluding carboxylic acids is 2. The van der Waals surface area contributed by atoms with Gasteiger partial charge in [0.05, 0.1) is 31.2 Å². The van der Waals surface area contributed by atoms with Gasteiger partial charge in [0.25, 0.3) is 11.7 Å². The highest BCUT2D eigenvalue weighted by Gasteiger charge is 2.46. The number of ether oxygens (including phenoxy) is 2. The average molecular weight is 490 g/mol. The lowest BCUT2D eigenvalue weighted by atomic mass is 9.94. The van der Waals surface area contributed by atoms with E-state index in [0.29, 0.717) is 55.4 Å². The molecule has 0 unspecified atom stereocenters. The first-order valence-corrected chi connectivity index (χ1v) is 12.1. The third kappa shape index (κ3) is 5.12. The van der Waals surface area contributed by atoms with Crippen molar-refractivity contribution in [3.8, 4) is 11.5 Å². The highest BCUT2D eigenvalue weighted by atomic mass is 16.5. The quantitative estimate of drug-likeness (QED) is 0.256. The maximum absolute atomic E-state index is 13.3. The first-order chi connectivity index (χ1) is 17.4. The molecule has 4 rings (SSSR count). The average Bonchev–Trinajstić information content (AvgIpc) is 3.48. The SMILES string of the molecule is CCOc1ccc([C@H]2C(=C(O)c3ccc(C)cc3)C(=O)C(=O)N2CCCn2ccnc2)cc1OCC. The standard InChI is InChI=1S/C28H31N3O5/c1-4-35-22-12-11-21(17-23(22)36-5-2)25-24(26(32)20-9-7-19(3)8-10-20)27(33)28(34)31(25)15-6-14-30-16-13-29-18-30/h7-13,16-18,25,32H,4-6,14-15H2,1-3H3/t25-/m0/s1. The van der Waals surface area contributed by atoms with Crippen LogP contribution in [0.25, 0.3) is 5.76 Å². The number of likely N-dealkylation sites (tertiary alicyclic amines) is 1. The second-order valence-electron chi connectivity index (χ2n) is 8.58. The first-order valence-electron chi connectivity index (χ1n) is 12.1. The van der Waals surface area contributed by atoms with Crippen LogP contribution in [0.3, 0.4) is 0 Å². The summed E-state index contributed by atoms with van der Waals surface area (Å²) in [6, 6.07) is 11.8. The number of ketones is 1. The molecule has 0 bridgehead atoms. The molecular weight excluding hydrogens is 458 g/mol. The molecule has 188 valence electrons. The van der Waals surface area contributed by atoms with E-state index in [4.69, 9.17) is 9.47 Å². The molecule has 1 aliphatic heterocycles. The Morgan fingerprint density at radius 1 is 1.00 bits per heavy atom. The molecule has 8 heteroatoms. The van der Waals surface area contributed by atoms with Crippen molar-refractivity contribution < 1.29 is 24.2 Å². The van der Waals surface area contributed by atoms with Gasteiger partial charge in [-0.1, -0.05) is 35.9 Å². The maximum atomic E-state index is 13.3. The van der Waals surface area contributed by atoms with E-state index in [9.17, 15) is 14.7 Å². The summed E-state index contributed by atoms with van der Waals surface area (Å²) in [7, 11) is 0. The number of benzene rings is 2. The van der Waals surface area contributed by atoms with Crippen LogP contribution < -0.4 is 9.47 Å². The molecule has 1 atom stereocenters. The lowest BCUT2D eigenvalue weighted by Crippen LogP contribution is -2.31. The van der Waals surface area contributed by atoms with E-state index in [2.05, 4.69) is 4.98 Å². The van der Waals surface area contributed by atoms with Crippen LogP contribution in [0.2, 0.25) is 0 Å². The number of aryl methyl sites for hydroxylation is 2. The second-order valence-corrected chi connectivity index (χ2v) is 8.58. The van der Waals surface area contributed by atoms with E-state index < -0.39 is 17.7 Å². The van der Waals surface area contributed by atoms with E-state index in [0.717, 1.165) is 5.56 Å². The van der Waals surface area contributed by atoms with E-state index in [-0.39, 0.29) is 11.3 Å². The van der Waals surface area contributed by atoms with Crippen LogP contribution >= 0.6 is 0 Å². The van der Waals surface area contributed by atoms with Crippen molar-refractivity contribution in [2.24, 2.45) is 0 Å². The Kier molecular flexibility index (Phi) is 7.73. The van der Waals surface area contributed by atoms with Crippen LogP contribution in [0.15, 0.2) is 66.8 Å². The summed E-state index contributed by atoms with van der Waals surface area (Å²) in [5.74, 6) is -0.420. The third-order valence-electron chi connectivity index (χ3n) is 6.12. The van der Waals surface area contributed by atoms with E-state index in [1.54, 1.807) is 36.8 Å². The lowest BCUT2D eigenvalue weighted by molar-refractivity contribution is -0.139. The summed E-state index contributed by atoms with van der Waals surface area (Å²) in [6.45, 7) is 7.58. The third-order valence-corrected chi connectivity index (χ3v) is 6.12. The number of hydrogen-bond donors (Lipinski definition) is 1. The normalized spacial score (nSPS) is 17.0. The largest absolute Gasteiger partial charge is 0.507 e. The van der Waals surface area contributed by atoms with Gasteiger partial charge in [-0.3, -0.25) is 9.59 Å². The monoisotopic (exact) mass is 489 g/mol. The Bertz CT molecular complexity index is 1250. The van der Waals surface area contributed by atoms with Gasteiger partial charge in [-0.15, -0.1) is 0 Å². The summed E-state index contributed by atoms with van der Waals surface area (Å²) in [5.41, 5.74) is 2.24. The predicted molar refractivity (Wildman–Crippen MR) is 136 cm³/mol. The number of aliphatic hydroxyl groups excluding tert-OH is 1. The summed E-state index contributed by atoms with van der Waals surface area (Å²) in [6.07, 6.45) is 5.87. The van der Waals surface area contributed by atoms with Crippen molar-refractivity contribution in [3.63, 3.8) is 0 Å². The highest BCUT2D eigenvalue weighted by Crippen LogP contribution is 2.42. The topological polar surface area (TPSA) is 93.9 Å². The smallest absolute Gasteiger partial charge is 0.295 e. The Morgan fingerprint density at radius 3 is 2.39 bits per heavy atom. The minimum Gasteiger partial charge on any atom is -0.507 e. The molecule has 0 spiro atoms. The van der Waals surface area contributed by atoms with Crippen LogP contribution in [0.4, 0.5) is 0 Å². The summed E-state index contributed by atoms with van der Waals surface area (Å²) in [5, 5.41) is 11.2. The van der Waals surface area contributed by atoms with Gasteiger partial charge in [-0.2, -0.15) is 0 Å². The van der Waals surface area contributed by atoms with Gasteiger partial charge >= 0.3 is 0 Å². The zero-order valence-electron chi connectivity index (χ0n) is 20.8. The predicted octanol–water partition coefficient (Wildman–Crippen LogP) is 4.50. The fourth-order valence-electron chi connectivity index (χ4n) is 4.40. The van der Waals surface area contributed by atoms with Crippen molar-refractivity contribution >= 4 is 17.4 Å². The number of carbonyl (C=O) groups is 2. The molecular formula is C28H31N3O5. The molecule has 1 aromatic heterocycles. The van der Waals surface area contributed by atoms with Gasteiger partial charge in [0.1, 0.15) is 5.76 Å².